The molecule has 1 saturated carbocycles. The number of benzene rings is 1. The predicted molar refractivity (Wildman–Crippen MR) is 79.1 cm³/mol. The first-order valence-corrected chi connectivity index (χ1v) is 7.42. The SMILES string of the molecule is CC(C)(C)NCC1CCC1Cc1ccc(Cl)c(F)c1. The molecule has 0 amide bonds. The fourth-order valence-corrected chi connectivity index (χ4v) is 2.70. The molecule has 0 bridgehead atoms. The maximum absolute atomic E-state index is 13.4. The third-order valence-electron chi connectivity index (χ3n) is 3.95. The Morgan fingerprint density at radius 1 is 1.26 bits per heavy atom. The van der Waals surface area contributed by atoms with Crippen molar-refractivity contribution in [2.24, 2.45) is 11.8 Å². The third-order valence-corrected chi connectivity index (χ3v) is 4.26. The summed E-state index contributed by atoms with van der Waals surface area (Å²) in [5, 5.41) is 3.78. The zero-order chi connectivity index (χ0) is 14.0. The van der Waals surface area contributed by atoms with Gasteiger partial charge in [0.05, 0.1) is 5.02 Å². The molecule has 2 atom stereocenters. The molecule has 1 aliphatic carbocycles. The van der Waals surface area contributed by atoms with Crippen molar-refractivity contribution in [1.29, 1.82) is 0 Å². The van der Waals surface area contributed by atoms with Gasteiger partial charge in [-0.3, -0.25) is 0 Å². The lowest BCUT2D eigenvalue weighted by molar-refractivity contribution is 0.159. The molecule has 0 saturated heterocycles. The number of nitrogens with one attached hydrogen (secondary N) is 1. The number of rotatable bonds is 4. The lowest BCUT2D eigenvalue weighted by Gasteiger charge is -2.39. The van der Waals surface area contributed by atoms with Crippen LogP contribution in [-0.4, -0.2) is 12.1 Å². The first-order chi connectivity index (χ1) is 8.85. The van der Waals surface area contributed by atoms with Gasteiger partial charge in [0.15, 0.2) is 0 Å². The molecule has 0 radical (unpaired) electrons. The monoisotopic (exact) mass is 283 g/mol. The van der Waals surface area contributed by atoms with Crippen LogP contribution in [0.2, 0.25) is 5.02 Å². The first kappa shape index (κ1) is 14.8. The highest BCUT2D eigenvalue weighted by Crippen LogP contribution is 2.37. The second-order valence-corrected chi connectivity index (χ2v) is 7.09. The van der Waals surface area contributed by atoms with Crippen molar-refractivity contribution in [2.45, 2.75) is 45.6 Å². The minimum Gasteiger partial charge on any atom is -0.312 e. The lowest BCUT2D eigenvalue weighted by Crippen LogP contribution is -2.44. The van der Waals surface area contributed by atoms with E-state index in [-0.39, 0.29) is 16.4 Å². The largest absolute Gasteiger partial charge is 0.312 e. The summed E-state index contributed by atoms with van der Waals surface area (Å²) in [7, 11) is 0. The molecule has 19 heavy (non-hydrogen) atoms. The number of halogens is 2. The molecule has 1 N–H and O–H groups in total. The molecule has 3 heteroatoms. The van der Waals surface area contributed by atoms with E-state index < -0.39 is 0 Å². The second-order valence-electron chi connectivity index (χ2n) is 6.68. The Morgan fingerprint density at radius 2 is 1.95 bits per heavy atom. The fourth-order valence-electron chi connectivity index (χ4n) is 2.58. The summed E-state index contributed by atoms with van der Waals surface area (Å²) < 4.78 is 13.4. The summed E-state index contributed by atoms with van der Waals surface area (Å²) in [6.45, 7) is 7.63. The van der Waals surface area contributed by atoms with Crippen LogP contribution in [0.15, 0.2) is 18.2 Å². The molecule has 106 valence electrons. The normalized spacial score (nSPS) is 23.2. The Balaban J connectivity index is 1.87. The summed E-state index contributed by atoms with van der Waals surface area (Å²) in [6.07, 6.45) is 3.50. The Labute approximate surface area is 120 Å². The van der Waals surface area contributed by atoms with Gasteiger partial charge in [-0.2, -0.15) is 0 Å². The maximum atomic E-state index is 13.4. The van der Waals surface area contributed by atoms with Crippen LogP contribution in [0.3, 0.4) is 0 Å². The van der Waals surface area contributed by atoms with Crippen LogP contribution in [0.5, 0.6) is 0 Å². The molecule has 2 rings (SSSR count). The van der Waals surface area contributed by atoms with Gasteiger partial charge in [0.2, 0.25) is 0 Å². The van der Waals surface area contributed by atoms with Crippen molar-refractivity contribution >= 4 is 11.6 Å². The van der Waals surface area contributed by atoms with E-state index in [4.69, 9.17) is 11.6 Å². The van der Waals surface area contributed by atoms with Crippen LogP contribution >= 0.6 is 11.6 Å². The molecule has 1 aromatic carbocycles. The van der Waals surface area contributed by atoms with Crippen LogP contribution in [0.25, 0.3) is 0 Å². The van der Waals surface area contributed by atoms with Gasteiger partial charge in [-0.1, -0.05) is 17.7 Å². The standard InChI is InChI=1S/C16H23ClFN/c1-16(2,3)19-10-13-6-5-12(13)8-11-4-7-14(17)15(18)9-11/h4,7,9,12-13,19H,5-6,8,10H2,1-3H3. The van der Waals surface area contributed by atoms with Crippen molar-refractivity contribution in [2.75, 3.05) is 6.54 Å². The smallest absolute Gasteiger partial charge is 0.142 e. The van der Waals surface area contributed by atoms with Crippen LogP contribution in [-0.2, 0) is 6.42 Å². The van der Waals surface area contributed by atoms with Gasteiger partial charge in [-0.05, 0) is 76.1 Å². The number of hydrogen-bond donors (Lipinski definition) is 1. The Kier molecular flexibility index (Phi) is 4.52. The van der Waals surface area contributed by atoms with E-state index in [1.54, 1.807) is 12.1 Å². The molecule has 0 spiro atoms. The van der Waals surface area contributed by atoms with Crippen molar-refractivity contribution < 1.29 is 4.39 Å². The number of hydrogen-bond acceptors (Lipinski definition) is 1. The molecular weight excluding hydrogens is 261 g/mol. The van der Waals surface area contributed by atoms with E-state index in [0.29, 0.717) is 5.92 Å². The minimum atomic E-state index is -0.303. The van der Waals surface area contributed by atoms with E-state index in [1.165, 1.54) is 12.8 Å². The van der Waals surface area contributed by atoms with Crippen molar-refractivity contribution in [3.63, 3.8) is 0 Å². The summed E-state index contributed by atoms with van der Waals surface area (Å²) in [5.41, 5.74) is 1.24. The van der Waals surface area contributed by atoms with Gasteiger partial charge in [0.1, 0.15) is 5.82 Å². The van der Waals surface area contributed by atoms with Crippen molar-refractivity contribution in [1.82, 2.24) is 5.32 Å². The van der Waals surface area contributed by atoms with Gasteiger partial charge in [-0.15, -0.1) is 0 Å². The van der Waals surface area contributed by atoms with Crippen molar-refractivity contribution in [3.05, 3.63) is 34.6 Å². The van der Waals surface area contributed by atoms with Crippen LogP contribution in [0.4, 0.5) is 4.39 Å². The average molecular weight is 284 g/mol. The van der Waals surface area contributed by atoms with E-state index in [9.17, 15) is 4.39 Å². The van der Waals surface area contributed by atoms with Crippen LogP contribution in [0, 0.1) is 17.7 Å². The zero-order valence-corrected chi connectivity index (χ0v) is 12.7. The van der Waals surface area contributed by atoms with E-state index in [2.05, 4.69) is 26.1 Å². The third kappa shape index (κ3) is 4.19. The Morgan fingerprint density at radius 3 is 2.47 bits per heavy atom. The summed E-state index contributed by atoms with van der Waals surface area (Å²) in [6, 6.07) is 5.18. The highest BCUT2D eigenvalue weighted by atomic mass is 35.5. The van der Waals surface area contributed by atoms with Gasteiger partial charge >= 0.3 is 0 Å². The van der Waals surface area contributed by atoms with Crippen LogP contribution < -0.4 is 5.32 Å². The first-order valence-electron chi connectivity index (χ1n) is 7.04. The second kappa shape index (κ2) is 5.80. The van der Waals surface area contributed by atoms with E-state index in [0.717, 1.165) is 24.4 Å². The van der Waals surface area contributed by atoms with Crippen molar-refractivity contribution in [3.8, 4) is 0 Å². The molecule has 1 aliphatic rings. The van der Waals surface area contributed by atoms with Gasteiger partial charge < -0.3 is 5.32 Å². The summed E-state index contributed by atoms with van der Waals surface area (Å²) in [5.74, 6) is 1.09. The molecule has 1 aromatic rings. The Bertz CT molecular complexity index is 439. The lowest BCUT2D eigenvalue weighted by atomic mass is 9.70. The fraction of sp³-hybridized carbons (Fsp3) is 0.625. The van der Waals surface area contributed by atoms with Crippen LogP contribution in [0.1, 0.15) is 39.2 Å². The molecule has 1 fully saturated rings. The highest BCUT2D eigenvalue weighted by molar-refractivity contribution is 6.30. The molecule has 0 aliphatic heterocycles. The molecule has 0 aromatic heterocycles. The van der Waals surface area contributed by atoms with Gasteiger partial charge in [-0.25, -0.2) is 4.39 Å². The predicted octanol–water partition coefficient (Wildman–Crippen LogP) is 4.44. The topological polar surface area (TPSA) is 12.0 Å². The average Bonchev–Trinajstić information content (AvgIpc) is 2.27. The molecule has 1 nitrogen and oxygen atoms in total. The molecular formula is C16H23ClFN. The molecule has 0 heterocycles. The highest BCUT2D eigenvalue weighted by Gasteiger charge is 2.31. The van der Waals surface area contributed by atoms with E-state index >= 15 is 0 Å². The minimum absolute atomic E-state index is 0.173. The van der Waals surface area contributed by atoms with E-state index in [1.807, 2.05) is 6.07 Å². The summed E-state index contributed by atoms with van der Waals surface area (Å²) in [4.78, 5) is 0. The van der Waals surface area contributed by atoms with Gasteiger partial charge in [0, 0.05) is 5.54 Å². The Hall–Kier alpha value is -0.600. The summed E-state index contributed by atoms with van der Waals surface area (Å²) >= 11 is 5.71. The zero-order valence-electron chi connectivity index (χ0n) is 12.0. The molecule has 2 unspecified atom stereocenters. The quantitative estimate of drug-likeness (QED) is 0.862. The van der Waals surface area contributed by atoms with Gasteiger partial charge in [0.25, 0.3) is 0 Å². The maximum Gasteiger partial charge on any atom is 0.142 e.